The molecule has 0 saturated heterocycles. The zero-order valence-corrected chi connectivity index (χ0v) is 11.0. The highest BCUT2D eigenvalue weighted by Gasteiger charge is 2.41. The normalized spacial score (nSPS) is 29.1. The first kappa shape index (κ1) is 14.2. The van der Waals surface area contributed by atoms with Crippen molar-refractivity contribution in [3.63, 3.8) is 0 Å². The standard InChI is InChI=1S/C12H23ClO3/c1-3-4-5-6-15-11-9-10(13)12(11)16-8-7-14-2/h10-12H,3-9H2,1-2H3. The van der Waals surface area contributed by atoms with Crippen molar-refractivity contribution in [2.24, 2.45) is 0 Å². The first-order valence-electron chi connectivity index (χ1n) is 6.15. The van der Waals surface area contributed by atoms with Gasteiger partial charge in [0.2, 0.25) is 0 Å². The topological polar surface area (TPSA) is 27.7 Å². The first-order valence-corrected chi connectivity index (χ1v) is 6.59. The Balaban J connectivity index is 2.07. The van der Waals surface area contributed by atoms with E-state index < -0.39 is 0 Å². The molecular formula is C12H23ClO3. The van der Waals surface area contributed by atoms with E-state index in [0.29, 0.717) is 13.2 Å². The van der Waals surface area contributed by atoms with Crippen LogP contribution in [0.3, 0.4) is 0 Å². The average molecular weight is 251 g/mol. The molecule has 0 aromatic carbocycles. The quantitative estimate of drug-likeness (QED) is 0.465. The molecule has 16 heavy (non-hydrogen) atoms. The molecule has 0 aliphatic heterocycles. The van der Waals surface area contributed by atoms with Crippen molar-refractivity contribution in [3.8, 4) is 0 Å². The Morgan fingerprint density at radius 3 is 2.56 bits per heavy atom. The number of methoxy groups -OCH3 is 1. The van der Waals surface area contributed by atoms with Gasteiger partial charge >= 0.3 is 0 Å². The fourth-order valence-corrected chi connectivity index (χ4v) is 2.17. The van der Waals surface area contributed by atoms with Crippen molar-refractivity contribution >= 4 is 11.6 Å². The van der Waals surface area contributed by atoms with E-state index in [-0.39, 0.29) is 17.6 Å². The number of rotatable bonds is 9. The van der Waals surface area contributed by atoms with E-state index in [1.54, 1.807) is 7.11 Å². The first-order chi connectivity index (χ1) is 7.79. The van der Waals surface area contributed by atoms with Gasteiger partial charge in [-0.25, -0.2) is 0 Å². The Bertz CT molecular complexity index is 178. The van der Waals surface area contributed by atoms with Gasteiger partial charge in [0.25, 0.3) is 0 Å². The highest BCUT2D eigenvalue weighted by molar-refractivity contribution is 6.21. The number of halogens is 1. The van der Waals surface area contributed by atoms with Gasteiger partial charge in [-0.15, -0.1) is 11.6 Å². The maximum atomic E-state index is 6.08. The molecule has 0 aromatic heterocycles. The summed E-state index contributed by atoms with van der Waals surface area (Å²) in [7, 11) is 1.67. The van der Waals surface area contributed by atoms with Gasteiger partial charge in [-0.05, 0) is 12.8 Å². The minimum Gasteiger partial charge on any atom is -0.382 e. The van der Waals surface area contributed by atoms with Crippen molar-refractivity contribution in [1.29, 1.82) is 0 Å². The molecular weight excluding hydrogens is 228 g/mol. The predicted molar refractivity (Wildman–Crippen MR) is 65.1 cm³/mol. The third-order valence-corrected chi connectivity index (χ3v) is 3.28. The van der Waals surface area contributed by atoms with Crippen LogP contribution in [-0.2, 0) is 14.2 Å². The predicted octanol–water partition coefficient (Wildman–Crippen LogP) is 2.60. The van der Waals surface area contributed by atoms with Crippen LogP contribution in [0.5, 0.6) is 0 Å². The van der Waals surface area contributed by atoms with Crippen LogP contribution in [-0.4, -0.2) is 44.5 Å². The smallest absolute Gasteiger partial charge is 0.100 e. The van der Waals surface area contributed by atoms with E-state index in [1.807, 2.05) is 0 Å². The molecule has 1 rings (SSSR count). The molecule has 0 radical (unpaired) electrons. The van der Waals surface area contributed by atoms with Gasteiger partial charge in [0.05, 0.1) is 24.7 Å². The molecule has 1 saturated carbocycles. The highest BCUT2D eigenvalue weighted by Crippen LogP contribution is 2.31. The van der Waals surface area contributed by atoms with E-state index in [4.69, 9.17) is 25.8 Å². The van der Waals surface area contributed by atoms with Crippen molar-refractivity contribution in [2.75, 3.05) is 26.9 Å². The highest BCUT2D eigenvalue weighted by atomic mass is 35.5. The Morgan fingerprint density at radius 2 is 1.94 bits per heavy atom. The third kappa shape index (κ3) is 4.58. The number of unbranched alkanes of at least 4 members (excludes halogenated alkanes) is 2. The zero-order valence-electron chi connectivity index (χ0n) is 10.3. The van der Waals surface area contributed by atoms with Crippen LogP contribution in [0.2, 0.25) is 0 Å². The second kappa shape index (κ2) is 8.29. The summed E-state index contributed by atoms with van der Waals surface area (Å²) in [6.45, 7) is 4.23. The second-order valence-electron chi connectivity index (χ2n) is 4.20. The van der Waals surface area contributed by atoms with E-state index in [1.165, 1.54) is 12.8 Å². The number of hydrogen-bond acceptors (Lipinski definition) is 3. The average Bonchev–Trinajstić information content (AvgIpc) is 2.28. The van der Waals surface area contributed by atoms with Gasteiger partial charge in [0.1, 0.15) is 6.10 Å². The van der Waals surface area contributed by atoms with Crippen molar-refractivity contribution in [1.82, 2.24) is 0 Å². The fraction of sp³-hybridized carbons (Fsp3) is 1.00. The summed E-state index contributed by atoms with van der Waals surface area (Å²) in [6.07, 6.45) is 4.73. The van der Waals surface area contributed by atoms with Crippen LogP contribution in [0.1, 0.15) is 32.6 Å². The molecule has 96 valence electrons. The SMILES string of the molecule is CCCCCOC1CC(Cl)C1OCCOC. The van der Waals surface area contributed by atoms with Crippen molar-refractivity contribution in [2.45, 2.75) is 50.2 Å². The molecule has 3 unspecified atom stereocenters. The summed E-state index contributed by atoms with van der Waals surface area (Å²) >= 11 is 6.08. The monoisotopic (exact) mass is 250 g/mol. The van der Waals surface area contributed by atoms with E-state index in [0.717, 1.165) is 19.4 Å². The van der Waals surface area contributed by atoms with E-state index >= 15 is 0 Å². The molecule has 0 bridgehead atoms. The van der Waals surface area contributed by atoms with Crippen LogP contribution in [0.25, 0.3) is 0 Å². The Labute approximate surface area is 103 Å². The Hall–Kier alpha value is 0.170. The summed E-state index contributed by atoms with van der Waals surface area (Å²) in [5.41, 5.74) is 0. The molecule has 1 aliphatic rings. The van der Waals surface area contributed by atoms with Crippen LogP contribution in [0.15, 0.2) is 0 Å². The van der Waals surface area contributed by atoms with Gasteiger partial charge in [-0.3, -0.25) is 0 Å². The van der Waals surface area contributed by atoms with Crippen LogP contribution in [0, 0.1) is 0 Å². The summed E-state index contributed by atoms with van der Waals surface area (Å²) in [6, 6.07) is 0. The summed E-state index contributed by atoms with van der Waals surface area (Å²) in [5, 5.41) is 0.105. The van der Waals surface area contributed by atoms with Gasteiger partial charge < -0.3 is 14.2 Å². The van der Waals surface area contributed by atoms with E-state index in [9.17, 15) is 0 Å². The molecule has 1 fully saturated rings. The molecule has 3 nitrogen and oxygen atoms in total. The lowest BCUT2D eigenvalue weighted by Crippen LogP contribution is -2.51. The van der Waals surface area contributed by atoms with Crippen molar-refractivity contribution < 1.29 is 14.2 Å². The lowest BCUT2D eigenvalue weighted by molar-refractivity contribution is -0.130. The Kier molecular flexibility index (Phi) is 7.37. The van der Waals surface area contributed by atoms with Crippen LogP contribution in [0.4, 0.5) is 0 Å². The molecule has 0 spiro atoms. The van der Waals surface area contributed by atoms with Gasteiger partial charge in [0, 0.05) is 13.7 Å². The molecule has 4 heteroatoms. The number of alkyl halides is 1. The molecule has 0 N–H and O–H groups in total. The molecule has 0 amide bonds. The molecule has 1 aliphatic carbocycles. The zero-order chi connectivity index (χ0) is 11.8. The molecule has 0 heterocycles. The summed E-state index contributed by atoms with van der Waals surface area (Å²) < 4.78 is 16.3. The summed E-state index contributed by atoms with van der Waals surface area (Å²) in [5.74, 6) is 0. The summed E-state index contributed by atoms with van der Waals surface area (Å²) in [4.78, 5) is 0. The van der Waals surface area contributed by atoms with Gasteiger partial charge in [-0.2, -0.15) is 0 Å². The van der Waals surface area contributed by atoms with Gasteiger partial charge in [-0.1, -0.05) is 19.8 Å². The van der Waals surface area contributed by atoms with Crippen LogP contribution >= 0.6 is 11.6 Å². The maximum Gasteiger partial charge on any atom is 0.100 e. The molecule has 0 aromatic rings. The third-order valence-electron chi connectivity index (χ3n) is 2.86. The Morgan fingerprint density at radius 1 is 1.12 bits per heavy atom. The minimum absolute atomic E-state index is 0.0541. The van der Waals surface area contributed by atoms with E-state index in [2.05, 4.69) is 6.92 Å². The maximum absolute atomic E-state index is 6.08. The number of hydrogen-bond donors (Lipinski definition) is 0. The van der Waals surface area contributed by atoms with Crippen molar-refractivity contribution in [3.05, 3.63) is 0 Å². The largest absolute Gasteiger partial charge is 0.382 e. The lowest BCUT2D eigenvalue weighted by Gasteiger charge is -2.40. The van der Waals surface area contributed by atoms with Gasteiger partial charge in [0.15, 0.2) is 0 Å². The molecule has 3 atom stereocenters. The van der Waals surface area contributed by atoms with Crippen LogP contribution < -0.4 is 0 Å². The second-order valence-corrected chi connectivity index (χ2v) is 4.76. The number of ether oxygens (including phenoxy) is 3. The minimum atomic E-state index is 0.0541. The fourth-order valence-electron chi connectivity index (χ4n) is 1.76. The lowest BCUT2D eigenvalue weighted by atomic mass is 9.91.